The second-order valence-corrected chi connectivity index (χ2v) is 6.65. The van der Waals surface area contributed by atoms with Gasteiger partial charge < -0.3 is 19.9 Å². The van der Waals surface area contributed by atoms with Crippen molar-refractivity contribution in [3.05, 3.63) is 59.7 Å². The maximum atomic E-state index is 12.5. The first-order valence-corrected chi connectivity index (χ1v) is 8.78. The van der Waals surface area contributed by atoms with Crippen LogP contribution in [0, 0.1) is 5.92 Å². The topological polar surface area (TPSA) is 84.9 Å². The summed E-state index contributed by atoms with van der Waals surface area (Å²) < 4.78 is 10.4. The summed E-state index contributed by atoms with van der Waals surface area (Å²) in [7, 11) is 1.28. The molecule has 2 N–H and O–H groups in total. The Hall–Kier alpha value is -3.02. The lowest BCUT2D eigenvalue weighted by molar-refractivity contribution is -0.142. The van der Waals surface area contributed by atoms with Gasteiger partial charge in [0.1, 0.15) is 17.5 Å². The summed E-state index contributed by atoms with van der Waals surface area (Å²) in [4.78, 5) is 24.5. The van der Waals surface area contributed by atoms with Gasteiger partial charge in [0.2, 0.25) is 0 Å². The summed E-state index contributed by atoms with van der Waals surface area (Å²) >= 11 is 0. The number of hydrogen-bond acceptors (Lipinski definition) is 5. The first kappa shape index (κ1) is 20.3. The zero-order valence-electron chi connectivity index (χ0n) is 15.8. The minimum absolute atomic E-state index is 0.136. The number of phenols is 1. The Bertz CT molecular complexity index is 753. The van der Waals surface area contributed by atoms with Crippen molar-refractivity contribution in [2.75, 3.05) is 13.7 Å². The SMILES string of the molecule is COC(=O)[C@H](Cc1ccc(O)cc1)NC(=O)c1ccc(OCC(C)C)cc1. The summed E-state index contributed by atoms with van der Waals surface area (Å²) in [6.07, 6.45) is 0.258. The molecule has 0 saturated heterocycles. The molecule has 0 saturated carbocycles. The number of carbonyl (C=O) groups excluding carboxylic acids is 2. The standard InChI is InChI=1S/C21H25NO5/c1-14(2)13-27-18-10-6-16(7-11-18)20(24)22-19(21(25)26-3)12-15-4-8-17(23)9-5-15/h4-11,14,19,23H,12-13H2,1-3H3,(H,22,24)/t19-/m0/s1. The largest absolute Gasteiger partial charge is 0.508 e. The Labute approximate surface area is 159 Å². The molecule has 0 aliphatic heterocycles. The van der Waals surface area contributed by atoms with Gasteiger partial charge in [0.25, 0.3) is 5.91 Å². The van der Waals surface area contributed by atoms with Gasteiger partial charge in [-0.25, -0.2) is 4.79 Å². The van der Waals surface area contributed by atoms with Crippen molar-refractivity contribution < 1.29 is 24.2 Å². The van der Waals surface area contributed by atoms with E-state index in [0.29, 0.717) is 23.8 Å². The van der Waals surface area contributed by atoms with E-state index in [0.717, 1.165) is 5.56 Å². The Morgan fingerprint density at radius 1 is 1.04 bits per heavy atom. The number of aromatic hydroxyl groups is 1. The van der Waals surface area contributed by atoms with Crippen molar-refractivity contribution in [3.63, 3.8) is 0 Å². The second kappa shape index (κ2) is 9.62. The molecule has 0 aliphatic rings. The number of ether oxygens (including phenoxy) is 2. The highest BCUT2D eigenvalue weighted by molar-refractivity contribution is 5.96. The highest BCUT2D eigenvalue weighted by Crippen LogP contribution is 2.15. The van der Waals surface area contributed by atoms with E-state index >= 15 is 0 Å². The fourth-order valence-corrected chi connectivity index (χ4v) is 2.41. The van der Waals surface area contributed by atoms with Crippen molar-refractivity contribution in [1.29, 1.82) is 0 Å². The van der Waals surface area contributed by atoms with Crippen LogP contribution in [0.25, 0.3) is 0 Å². The van der Waals surface area contributed by atoms with Crippen molar-refractivity contribution in [2.45, 2.75) is 26.3 Å². The number of amides is 1. The fraction of sp³-hybridized carbons (Fsp3) is 0.333. The summed E-state index contributed by atoms with van der Waals surface area (Å²) in [5.41, 5.74) is 1.22. The number of esters is 1. The lowest BCUT2D eigenvalue weighted by Gasteiger charge is -2.17. The van der Waals surface area contributed by atoms with Crippen LogP contribution in [-0.4, -0.2) is 36.7 Å². The minimum Gasteiger partial charge on any atom is -0.508 e. The van der Waals surface area contributed by atoms with E-state index in [2.05, 4.69) is 19.2 Å². The van der Waals surface area contributed by atoms with Crippen LogP contribution in [0.5, 0.6) is 11.5 Å². The highest BCUT2D eigenvalue weighted by Gasteiger charge is 2.22. The molecule has 0 heterocycles. The third-order valence-corrected chi connectivity index (χ3v) is 3.87. The second-order valence-electron chi connectivity index (χ2n) is 6.65. The number of rotatable bonds is 8. The average molecular weight is 371 g/mol. The summed E-state index contributed by atoms with van der Waals surface area (Å²) in [6, 6.07) is 12.4. The van der Waals surface area contributed by atoms with E-state index in [1.54, 1.807) is 36.4 Å². The van der Waals surface area contributed by atoms with Gasteiger partial charge in [-0.05, 0) is 47.9 Å². The lowest BCUT2D eigenvalue weighted by Crippen LogP contribution is -2.43. The molecule has 0 spiro atoms. The van der Waals surface area contributed by atoms with Gasteiger partial charge in [0, 0.05) is 12.0 Å². The van der Waals surface area contributed by atoms with Crippen molar-refractivity contribution in [1.82, 2.24) is 5.32 Å². The van der Waals surface area contributed by atoms with Crippen molar-refractivity contribution in [3.8, 4) is 11.5 Å². The molecular formula is C21H25NO5. The Kier molecular flexibility index (Phi) is 7.23. The van der Waals surface area contributed by atoms with Gasteiger partial charge in [-0.2, -0.15) is 0 Å². The van der Waals surface area contributed by atoms with Gasteiger partial charge >= 0.3 is 5.97 Å². The molecule has 0 bridgehead atoms. The normalized spacial score (nSPS) is 11.7. The van der Waals surface area contributed by atoms with Crippen LogP contribution in [0.3, 0.4) is 0 Å². The molecule has 27 heavy (non-hydrogen) atoms. The van der Waals surface area contributed by atoms with E-state index in [9.17, 15) is 14.7 Å². The average Bonchev–Trinajstić information content (AvgIpc) is 2.67. The minimum atomic E-state index is -0.830. The molecule has 2 aromatic carbocycles. The number of phenolic OH excluding ortho intramolecular Hbond substituents is 1. The van der Waals surface area contributed by atoms with Crippen LogP contribution in [0.1, 0.15) is 29.8 Å². The van der Waals surface area contributed by atoms with Gasteiger partial charge in [-0.1, -0.05) is 26.0 Å². The van der Waals surface area contributed by atoms with Crippen LogP contribution in [0.15, 0.2) is 48.5 Å². The van der Waals surface area contributed by atoms with E-state index in [1.807, 2.05) is 0 Å². The molecule has 144 valence electrons. The first-order chi connectivity index (χ1) is 12.9. The van der Waals surface area contributed by atoms with E-state index in [1.165, 1.54) is 19.2 Å². The number of hydrogen-bond donors (Lipinski definition) is 2. The molecule has 0 aliphatic carbocycles. The van der Waals surface area contributed by atoms with Crippen molar-refractivity contribution >= 4 is 11.9 Å². The Balaban J connectivity index is 2.04. The Morgan fingerprint density at radius 2 is 1.67 bits per heavy atom. The van der Waals surface area contributed by atoms with Crippen LogP contribution >= 0.6 is 0 Å². The molecule has 2 aromatic rings. The fourth-order valence-electron chi connectivity index (χ4n) is 2.41. The summed E-state index contributed by atoms with van der Waals surface area (Å²) in [5, 5.41) is 12.1. The lowest BCUT2D eigenvalue weighted by atomic mass is 10.1. The molecule has 0 fully saturated rings. The summed E-state index contributed by atoms with van der Waals surface area (Å²) in [6.45, 7) is 4.72. The molecule has 6 nitrogen and oxygen atoms in total. The highest BCUT2D eigenvalue weighted by atomic mass is 16.5. The molecule has 0 radical (unpaired) electrons. The predicted molar refractivity (Wildman–Crippen MR) is 102 cm³/mol. The molecule has 0 aromatic heterocycles. The molecule has 0 unspecified atom stereocenters. The van der Waals surface area contributed by atoms with Crippen LogP contribution < -0.4 is 10.1 Å². The molecule has 1 amide bonds. The van der Waals surface area contributed by atoms with Crippen molar-refractivity contribution in [2.24, 2.45) is 5.92 Å². The van der Waals surface area contributed by atoms with Gasteiger partial charge in [0.05, 0.1) is 13.7 Å². The quantitative estimate of drug-likeness (QED) is 0.697. The number of benzene rings is 2. The maximum Gasteiger partial charge on any atom is 0.328 e. The summed E-state index contributed by atoms with van der Waals surface area (Å²) in [5.74, 6) is 0.327. The van der Waals surface area contributed by atoms with E-state index < -0.39 is 12.0 Å². The number of methoxy groups -OCH3 is 1. The van der Waals surface area contributed by atoms with Crippen LogP contribution in [0.4, 0.5) is 0 Å². The maximum absolute atomic E-state index is 12.5. The van der Waals surface area contributed by atoms with Gasteiger partial charge in [-0.15, -0.1) is 0 Å². The third kappa shape index (κ3) is 6.33. The first-order valence-electron chi connectivity index (χ1n) is 8.78. The third-order valence-electron chi connectivity index (χ3n) is 3.87. The zero-order valence-corrected chi connectivity index (χ0v) is 15.8. The Morgan fingerprint density at radius 3 is 2.22 bits per heavy atom. The van der Waals surface area contributed by atoms with Gasteiger partial charge in [0.15, 0.2) is 0 Å². The molecular weight excluding hydrogens is 346 g/mol. The van der Waals surface area contributed by atoms with Gasteiger partial charge in [-0.3, -0.25) is 4.79 Å². The van der Waals surface area contributed by atoms with Crippen LogP contribution in [-0.2, 0) is 16.0 Å². The zero-order chi connectivity index (χ0) is 19.8. The monoisotopic (exact) mass is 371 g/mol. The smallest absolute Gasteiger partial charge is 0.328 e. The van der Waals surface area contributed by atoms with E-state index in [4.69, 9.17) is 9.47 Å². The molecule has 1 atom stereocenters. The number of carbonyl (C=O) groups is 2. The molecule has 6 heteroatoms. The molecule has 2 rings (SSSR count). The number of nitrogens with one attached hydrogen (secondary N) is 1. The van der Waals surface area contributed by atoms with E-state index in [-0.39, 0.29) is 18.1 Å². The van der Waals surface area contributed by atoms with Crippen LogP contribution in [0.2, 0.25) is 0 Å². The predicted octanol–water partition coefficient (Wildman–Crippen LogP) is 2.94.